The second-order valence-electron chi connectivity index (χ2n) is 7.82. The molecule has 1 amide bonds. The Morgan fingerprint density at radius 2 is 1.82 bits per heavy atom. The second-order valence-corrected chi connectivity index (χ2v) is 7.82. The van der Waals surface area contributed by atoms with Crippen molar-refractivity contribution < 1.29 is 18.7 Å². The summed E-state index contributed by atoms with van der Waals surface area (Å²) in [5.41, 5.74) is 7.02. The molecule has 7 heteroatoms. The van der Waals surface area contributed by atoms with Crippen LogP contribution in [0.3, 0.4) is 0 Å². The molecule has 1 aromatic carbocycles. The smallest absolute Gasteiger partial charge is 0.308 e. The standard InChI is InChI=1S/C21H29FN2O3.ClH/c1-2-27-19(25)12-18(13-6-8-17(22)9-7-13)24-21(26)16-10-14-4-3-5-15(11-16)20(14)23;/h6-9,14-16,18,20H,2-5,10-12,23H2,1H3,(H,24,26);1H. The Hall–Kier alpha value is -1.66. The van der Waals surface area contributed by atoms with Crippen molar-refractivity contribution in [2.24, 2.45) is 23.5 Å². The van der Waals surface area contributed by atoms with Crippen LogP contribution in [0.5, 0.6) is 0 Å². The van der Waals surface area contributed by atoms with Gasteiger partial charge in [-0.3, -0.25) is 9.59 Å². The minimum absolute atomic E-state index is 0. The quantitative estimate of drug-likeness (QED) is 0.700. The summed E-state index contributed by atoms with van der Waals surface area (Å²) in [4.78, 5) is 24.9. The predicted molar refractivity (Wildman–Crippen MR) is 107 cm³/mol. The zero-order valence-electron chi connectivity index (χ0n) is 16.2. The number of carbonyl (C=O) groups is 2. The van der Waals surface area contributed by atoms with Crippen molar-refractivity contribution in [1.82, 2.24) is 5.32 Å². The normalized spacial score (nSPS) is 27.2. The highest BCUT2D eigenvalue weighted by molar-refractivity contribution is 5.85. The first-order valence-corrected chi connectivity index (χ1v) is 9.95. The van der Waals surface area contributed by atoms with E-state index in [-0.39, 0.29) is 55.1 Å². The van der Waals surface area contributed by atoms with Crippen molar-refractivity contribution >= 4 is 24.3 Å². The number of benzene rings is 1. The largest absolute Gasteiger partial charge is 0.466 e. The van der Waals surface area contributed by atoms with Gasteiger partial charge in [0.15, 0.2) is 0 Å². The summed E-state index contributed by atoms with van der Waals surface area (Å²) in [7, 11) is 0. The molecule has 5 nitrogen and oxygen atoms in total. The average Bonchev–Trinajstić information content (AvgIpc) is 2.61. The lowest BCUT2D eigenvalue weighted by atomic mass is 9.65. The zero-order chi connectivity index (χ0) is 19.4. The van der Waals surface area contributed by atoms with Crippen LogP contribution < -0.4 is 11.1 Å². The fourth-order valence-corrected chi connectivity index (χ4v) is 4.63. The van der Waals surface area contributed by atoms with E-state index in [2.05, 4.69) is 5.32 Å². The molecule has 0 spiro atoms. The Morgan fingerprint density at radius 1 is 1.21 bits per heavy atom. The van der Waals surface area contributed by atoms with Crippen LogP contribution in [0.25, 0.3) is 0 Å². The van der Waals surface area contributed by atoms with Crippen LogP contribution in [0, 0.1) is 23.6 Å². The number of nitrogens with two attached hydrogens (primary N) is 1. The zero-order valence-corrected chi connectivity index (χ0v) is 17.1. The van der Waals surface area contributed by atoms with Gasteiger partial charge in [-0.2, -0.15) is 0 Å². The lowest BCUT2D eigenvalue weighted by Crippen LogP contribution is -2.49. The molecule has 2 fully saturated rings. The van der Waals surface area contributed by atoms with E-state index < -0.39 is 6.04 Å². The first-order chi connectivity index (χ1) is 13.0. The molecule has 3 N–H and O–H groups in total. The molecular weight excluding hydrogens is 383 g/mol. The number of halogens is 2. The highest BCUT2D eigenvalue weighted by Crippen LogP contribution is 2.42. The number of nitrogens with one attached hydrogen (secondary N) is 1. The molecule has 2 aliphatic carbocycles. The summed E-state index contributed by atoms with van der Waals surface area (Å²) in [5.74, 6) is -0.0449. The maximum absolute atomic E-state index is 13.3. The second kappa shape index (κ2) is 10.2. The third-order valence-electron chi connectivity index (χ3n) is 6.05. The first kappa shape index (κ1) is 22.6. The number of ether oxygens (including phenoxy) is 1. The monoisotopic (exact) mass is 412 g/mol. The fraction of sp³-hybridized carbons (Fsp3) is 0.619. The molecular formula is C21H30ClFN2O3. The topological polar surface area (TPSA) is 81.4 Å². The van der Waals surface area contributed by atoms with Crippen LogP contribution in [0.4, 0.5) is 4.39 Å². The predicted octanol–water partition coefficient (Wildman–Crippen LogP) is 3.51. The van der Waals surface area contributed by atoms with Gasteiger partial charge < -0.3 is 15.8 Å². The molecule has 28 heavy (non-hydrogen) atoms. The summed E-state index contributed by atoms with van der Waals surface area (Å²) in [5, 5.41) is 3.01. The van der Waals surface area contributed by atoms with E-state index in [0.29, 0.717) is 17.4 Å². The number of rotatable bonds is 6. The van der Waals surface area contributed by atoms with Gasteiger partial charge in [-0.25, -0.2) is 4.39 Å². The van der Waals surface area contributed by atoms with E-state index in [1.807, 2.05) is 0 Å². The van der Waals surface area contributed by atoms with Crippen LogP contribution in [0.1, 0.15) is 57.1 Å². The Kier molecular flexibility index (Phi) is 8.25. The maximum atomic E-state index is 13.3. The van der Waals surface area contributed by atoms with E-state index in [1.165, 1.54) is 18.6 Å². The summed E-state index contributed by atoms with van der Waals surface area (Å²) < 4.78 is 18.3. The molecule has 0 aromatic heterocycles. The first-order valence-electron chi connectivity index (χ1n) is 9.95. The molecule has 2 bridgehead atoms. The minimum atomic E-state index is -0.521. The Labute approximate surface area is 172 Å². The van der Waals surface area contributed by atoms with Crippen LogP contribution in [0.15, 0.2) is 24.3 Å². The molecule has 3 rings (SSSR count). The maximum Gasteiger partial charge on any atom is 0.308 e. The minimum Gasteiger partial charge on any atom is -0.466 e. The van der Waals surface area contributed by atoms with Crippen molar-refractivity contribution in [3.05, 3.63) is 35.6 Å². The van der Waals surface area contributed by atoms with Crippen molar-refractivity contribution in [2.45, 2.75) is 57.5 Å². The third-order valence-corrected chi connectivity index (χ3v) is 6.05. The van der Waals surface area contributed by atoms with E-state index in [1.54, 1.807) is 19.1 Å². The highest BCUT2D eigenvalue weighted by atomic mass is 35.5. The van der Waals surface area contributed by atoms with Gasteiger partial charge in [-0.05, 0) is 62.1 Å². The van der Waals surface area contributed by atoms with Gasteiger partial charge >= 0.3 is 5.97 Å². The lowest BCUT2D eigenvalue weighted by molar-refractivity contribution is -0.144. The van der Waals surface area contributed by atoms with Crippen LogP contribution in [-0.2, 0) is 14.3 Å². The molecule has 3 unspecified atom stereocenters. The Morgan fingerprint density at radius 3 is 2.39 bits per heavy atom. The molecule has 2 saturated carbocycles. The van der Waals surface area contributed by atoms with E-state index in [0.717, 1.165) is 25.7 Å². The number of hydrogen-bond donors (Lipinski definition) is 2. The van der Waals surface area contributed by atoms with Crippen LogP contribution in [0.2, 0.25) is 0 Å². The SMILES string of the molecule is CCOC(=O)CC(NC(=O)C1CC2CCCC(C1)C2N)c1ccc(F)cc1.Cl. The summed E-state index contributed by atoms with van der Waals surface area (Å²) >= 11 is 0. The van der Waals surface area contributed by atoms with Crippen molar-refractivity contribution in [2.75, 3.05) is 6.61 Å². The van der Waals surface area contributed by atoms with Gasteiger partial charge in [0.25, 0.3) is 0 Å². The third kappa shape index (κ3) is 5.45. The number of hydrogen-bond acceptors (Lipinski definition) is 4. The van der Waals surface area contributed by atoms with Gasteiger partial charge in [0.1, 0.15) is 5.82 Å². The molecule has 1 aromatic rings. The van der Waals surface area contributed by atoms with Gasteiger partial charge in [0, 0.05) is 12.0 Å². The van der Waals surface area contributed by atoms with Gasteiger partial charge in [-0.1, -0.05) is 18.6 Å². The van der Waals surface area contributed by atoms with Gasteiger partial charge in [0.05, 0.1) is 19.1 Å². The number of carbonyl (C=O) groups excluding carboxylic acids is 2. The molecule has 156 valence electrons. The van der Waals surface area contributed by atoms with Gasteiger partial charge in [0.2, 0.25) is 5.91 Å². The lowest BCUT2D eigenvalue weighted by Gasteiger charge is -2.43. The summed E-state index contributed by atoms with van der Waals surface area (Å²) in [6.45, 7) is 2.03. The van der Waals surface area contributed by atoms with E-state index in [9.17, 15) is 14.0 Å². The molecule has 0 saturated heterocycles. The highest BCUT2D eigenvalue weighted by Gasteiger charge is 2.41. The van der Waals surface area contributed by atoms with Gasteiger partial charge in [-0.15, -0.1) is 12.4 Å². The van der Waals surface area contributed by atoms with Crippen LogP contribution in [-0.4, -0.2) is 24.5 Å². The Balaban J connectivity index is 0.00000280. The molecule has 3 atom stereocenters. The molecule has 0 heterocycles. The molecule has 0 radical (unpaired) electrons. The summed E-state index contributed by atoms with van der Waals surface area (Å²) in [6, 6.07) is 5.56. The molecule has 2 aliphatic rings. The number of fused-ring (bicyclic) bond motifs is 2. The average molecular weight is 413 g/mol. The molecule has 0 aliphatic heterocycles. The van der Waals surface area contributed by atoms with Crippen molar-refractivity contribution in [1.29, 1.82) is 0 Å². The summed E-state index contributed by atoms with van der Waals surface area (Å²) in [6.07, 6.45) is 5.01. The van der Waals surface area contributed by atoms with E-state index in [4.69, 9.17) is 10.5 Å². The van der Waals surface area contributed by atoms with Crippen molar-refractivity contribution in [3.8, 4) is 0 Å². The van der Waals surface area contributed by atoms with Crippen molar-refractivity contribution in [3.63, 3.8) is 0 Å². The van der Waals surface area contributed by atoms with E-state index >= 15 is 0 Å². The Bertz CT molecular complexity index is 656. The number of amides is 1. The van der Waals surface area contributed by atoms with Crippen LogP contribution >= 0.6 is 12.4 Å². The fourth-order valence-electron chi connectivity index (χ4n) is 4.63. The number of esters is 1.